The molecule has 2 aromatic rings. The van der Waals surface area contributed by atoms with Gasteiger partial charge in [-0.2, -0.15) is 0 Å². The maximum Gasteiger partial charge on any atom is 0.118 e. The highest BCUT2D eigenvalue weighted by molar-refractivity contribution is 5.29. The Morgan fingerprint density at radius 1 is 1.05 bits per heavy atom. The number of nitrogens with one attached hydrogen (secondary N) is 1. The lowest BCUT2D eigenvalue weighted by Crippen LogP contribution is -2.17. The molecular formula is C16H19NO2. The van der Waals surface area contributed by atoms with Gasteiger partial charge in [0, 0.05) is 12.6 Å². The van der Waals surface area contributed by atoms with Crippen molar-refractivity contribution in [3.8, 4) is 11.5 Å². The molecule has 1 atom stereocenters. The monoisotopic (exact) mass is 257 g/mol. The van der Waals surface area contributed by atoms with Gasteiger partial charge in [-0.15, -0.1) is 0 Å². The molecule has 0 fully saturated rings. The average molecular weight is 257 g/mol. The van der Waals surface area contributed by atoms with Crippen molar-refractivity contribution in [3.05, 3.63) is 59.7 Å². The van der Waals surface area contributed by atoms with Crippen LogP contribution < -0.4 is 10.1 Å². The lowest BCUT2D eigenvalue weighted by molar-refractivity contribution is 0.414. The van der Waals surface area contributed by atoms with E-state index in [9.17, 15) is 5.11 Å². The molecule has 0 radical (unpaired) electrons. The third-order valence-corrected chi connectivity index (χ3v) is 3.16. The number of aromatic hydroxyl groups is 1. The van der Waals surface area contributed by atoms with Crippen molar-refractivity contribution in [3.63, 3.8) is 0 Å². The van der Waals surface area contributed by atoms with Crippen LogP contribution in [0.1, 0.15) is 24.1 Å². The van der Waals surface area contributed by atoms with E-state index in [0.717, 1.165) is 17.9 Å². The van der Waals surface area contributed by atoms with E-state index in [-0.39, 0.29) is 6.04 Å². The van der Waals surface area contributed by atoms with Gasteiger partial charge in [0.05, 0.1) is 7.11 Å². The average Bonchev–Trinajstić information content (AvgIpc) is 2.46. The molecule has 0 aromatic heterocycles. The molecule has 0 spiro atoms. The molecular weight excluding hydrogens is 238 g/mol. The first kappa shape index (κ1) is 13.4. The summed E-state index contributed by atoms with van der Waals surface area (Å²) in [4.78, 5) is 0. The Bertz CT molecular complexity index is 505. The van der Waals surface area contributed by atoms with Crippen molar-refractivity contribution in [2.45, 2.75) is 19.5 Å². The third-order valence-electron chi connectivity index (χ3n) is 3.16. The molecule has 2 rings (SSSR count). The van der Waals surface area contributed by atoms with Gasteiger partial charge in [-0.25, -0.2) is 0 Å². The minimum atomic E-state index is 0.264. The van der Waals surface area contributed by atoms with Crippen LogP contribution in [-0.2, 0) is 6.54 Å². The maximum atomic E-state index is 9.23. The van der Waals surface area contributed by atoms with Gasteiger partial charge in [0.2, 0.25) is 0 Å². The maximum absolute atomic E-state index is 9.23. The summed E-state index contributed by atoms with van der Waals surface area (Å²) in [6.07, 6.45) is 0. The van der Waals surface area contributed by atoms with Crippen LogP contribution in [0.2, 0.25) is 0 Å². The van der Waals surface area contributed by atoms with E-state index in [2.05, 4.69) is 24.4 Å². The highest BCUT2D eigenvalue weighted by Gasteiger charge is 2.05. The van der Waals surface area contributed by atoms with Crippen molar-refractivity contribution in [1.29, 1.82) is 0 Å². The Balaban J connectivity index is 1.93. The third kappa shape index (κ3) is 3.73. The molecule has 100 valence electrons. The summed E-state index contributed by atoms with van der Waals surface area (Å²) in [6.45, 7) is 2.90. The fraction of sp³-hybridized carbons (Fsp3) is 0.250. The van der Waals surface area contributed by atoms with Crippen LogP contribution in [0.15, 0.2) is 48.5 Å². The van der Waals surface area contributed by atoms with Crippen molar-refractivity contribution >= 4 is 0 Å². The summed E-state index contributed by atoms with van der Waals surface area (Å²) in [5.74, 6) is 1.17. The number of ether oxygens (including phenoxy) is 1. The summed E-state index contributed by atoms with van der Waals surface area (Å²) in [5, 5.41) is 12.7. The Hall–Kier alpha value is -2.00. The molecule has 3 heteroatoms. The van der Waals surface area contributed by atoms with Gasteiger partial charge in [0.1, 0.15) is 11.5 Å². The largest absolute Gasteiger partial charge is 0.508 e. The predicted octanol–water partition coefficient (Wildman–Crippen LogP) is 3.25. The number of hydrogen-bond acceptors (Lipinski definition) is 3. The lowest BCUT2D eigenvalue weighted by atomic mass is 10.1. The molecule has 2 N–H and O–H groups in total. The number of hydrogen-bond donors (Lipinski definition) is 2. The van der Waals surface area contributed by atoms with E-state index < -0.39 is 0 Å². The molecule has 0 saturated heterocycles. The van der Waals surface area contributed by atoms with Gasteiger partial charge in [-0.1, -0.05) is 24.3 Å². The van der Waals surface area contributed by atoms with Gasteiger partial charge in [0.15, 0.2) is 0 Å². The van der Waals surface area contributed by atoms with Gasteiger partial charge in [-0.05, 0) is 42.3 Å². The first-order chi connectivity index (χ1) is 9.19. The number of phenols is 1. The molecule has 0 saturated carbocycles. The Labute approximate surface area is 113 Å². The molecule has 0 amide bonds. The SMILES string of the molecule is COc1ccc(C(C)NCc2ccc(O)cc2)cc1. The fourth-order valence-corrected chi connectivity index (χ4v) is 1.90. The Kier molecular flexibility index (Phi) is 4.42. The smallest absolute Gasteiger partial charge is 0.118 e. The molecule has 19 heavy (non-hydrogen) atoms. The molecule has 0 aliphatic carbocycles. The van der Waals surface area contributed by atoms with E-state index in [1.54, 1.807) is 19.2 Å². The van der Waals surface area contributed by atoms with Crippen molar-refractivity contribution in [2.24, 2.45) is 0 Å². The summed E-state index contributed by atoms with van der Waals surface area (Å²) in [6, 6.07) is 15.6. The lowest BCUT2D eigenvalue weighted by Gasteiger charge is -2.14. The van der Waals surface area contributed by atoms with Crippen LogP contribution in [0.25, 0.3) is 0 Å². The zero-order chi connectivity index (χ0) is 13.7. The van der Waals surface area contributed by atoms with Crippen molar-refractivity contribution in [2.75, 3.05) is 7.11 Å². The summed E-state index contributed by atoms with van der Waals surface area (Å²) in [5.41, 5.74) is 2.37. The fourth-order valence-electron chi connectivity index (χ4n) is 1.90. The first-order valence-corrected chi connectivity index (χ1v) is 6.34. The number of phenolic OH excluding ortho intramolecular Hbond substituents is 1. The molecule has 2 aromatic carbocycles. The molecule has 0 bridgehead atoms. The first-order valence-electron chi connectivity index (χ1n) is 6.34. The Morgan fingerprint density at radius 3 is 2.26 bits per heavy atom. The van der Waals surface area contributed by atoms with E-state index in [1.165, 1.54) is 5.56 Å². The normalized spacial score (nSPS) is 12.1. The zero-order valence-corrected chi connectivity index (χ0v) is 11.3. The van der Waals surface area contributed by atoms with Crippen LogP contribution in [0.4, 0.5) is 0 Å². The Morgan fingerprint density at radius 2 is 1.68 bits per heavy atom. The number of rotatable bonds is 5. The van der Waals surface area contributed by atoms with Gasteiger partial charge >= 0.3 is 0 Å². The van der Waals surface area contributed by atoms with Crippen molar-refractivity contribution in [1.82, 2.24) is 5.32 Å². The summed E-state index contributed by atoms with van der Waals surface area (Å²) in [7, 11) is 1.67. The van der Waals surface area contributed by atoms with Crippen LogP contribution >= 0.6 is 0 Å². The number of benzene rings is 2. The van der Waals surface area contributed by atoms with Gasteiger partial charge in [-0.3, -0.25) is 0 Å². The van der Waals surface area contributed by atoms with Crippen LogP contribution in [0.3, 0.4) is 0 Å². The highest BCUT2D eigenvalue weighted by Crippen LogP contribution is 2.18. The zero-order valence-electron chi connectivity index (χ0n) is 11.3. The van der Waals surface area contributed by atoms with E-state index >= 15 is 0 Å². The molecule has 3 nitrogen and oxygen atoms in total. The van der Waals surface area contributed by atoms with Gasteiger partial charge in [0.25, 0.3) is 0 Å². The van der Waals surface area contributed by atoms with E-state index in [0.29, 0.717) is 5.75 Å². The predicted molar refractivity (Wildman–Crippen MR) is 76.4 cm³/mol. The minimum absolute atomic E-state index is 0.264. The molecule has 0 aliphatic rings. The molecule has 0 heterocycles. The second kappa shape index (κ2) is 6.25. The van der Waals surface area contributed by atoms with Crippen LogP contribution in [0, 0.1) is 0 Å². The quantitative estimate of drug-likeness (QED) is 0.864. The molecule has 0 aliphatic heterocycles. The van der Waals surface area contributed by atoms with Gasteiger partial charge < -0.3 is 15.2 Å². The van der Waals surface area contributed by atoms with E-state index in [4.69, 9.17) is 4.74 Å². The highest BCUT2D eigenvalue weighted by atomic mass is 16.5. The standard InChI is InChI=1S/C16H19NO2/c1-12(14-5-9-16(19-2)10-6-14)17-11-13-3-7-15(18)8-4-13/h3-10,12,17-18H,11H2,1-2H3. The molecule has 1 unspecified atom stereocenters. The summed E-state index contributed by atoms with van der Waals surface area (Å²) >= 11 is 0. The topological polar surface area (TPSA) is 41.5 Å². The summed E-state index contributed by atoms with van der Waals surface area (Å²) < 4.78 is 5.15. The van der Waals surface area contributed by atoms with Crippen LogP contribution in [0.5, 0.6) is 11.5 Å². The van der Waals surface area contributed by atoms with E-state index in [1.807, 2.05) is 24.3 Å². The number of methoxy groups -OCH3 is 1. The second-order valence-electron chi connectivity index (χ2n) is 4.54. The van der Waals surface area contributed by atoms with Crippen molar-refractivity contribution < 1.29 is 9.84 Å². The minimum Gasteiger partial charge on any atom is -0.508 e. The van der Waals surface area contributed by atoms with Crippen LogP contribution in [-0.4, -0.2) is 12.2 Å². The second-order valence-corrected chi connectivity index (χ2v) is 4.54.